The highest BCUT2D eigenvalue weighted by Crippen LogP contribution is 2.69. The van der Waals surface area contributed by atoms with Crippen LogP contribution in [-0.2, 0) is 19.1 Å². The number of carbonyl (C=O) groups is 4. The van der Waals surface area contributed by atoms with Gasteiger partial charge in [0, 0.05) is 36.9 Å². The molecule has 0 aromatic heterocycles. The van der Waals surface area contributed by atoms with Crippen LogP contribution in [0.3, 0.4) is 0 Å². The van der Waals surface area contributed by atoms with Crippen molar-refractivity contribution in [3.63, 3.8) is 0 Å². The summed E-state index contributed by atoms with van der Waals surface area (Å²) in [5, 5.41) is 47.9. The van der Waals surface area contributed by atoms with Crippen molar-refractivity contribution in [1.82, 2.24) is 5.32 Å². The van der Waals surface area contributed by atoms with Crippen molar-refractivity contribution < 1.29 is 44.3 Å². The summed E-state index contributed by atoms with van der Waals surface area (Å²) >= 11 is 0. The number of aliphatic hydroxyl groups is 3. The zero-order chi connectivity index (χ0) is 47.1. The quantitative estimate of drug-likeness (QED) is 0.152. The van der Waals surface area contributed by atoms with Crippen molar-refractivity contribution in [2.24, 2.45) is 63.6 Å². The molecule has 1 aromatic rings. The van der Waals surface area contributed by atoms with Crippen molar-refractivity contribution in [1.29, 1.82) is 0 Å². The third-order valence-corrected chi connectivity index (χ3v) is 20.2. The Bertz CT molecular complexity index is 2240. The van der Waals surface area contributed by atoms with Crippen LogP contribution >= 0.6 is 0 Å². The average Bonchev–Trinajstić information content (AvgIpc) is 3.78. The van der Waals surface area contributed by atoms with E-state index in [1.807, 2.05) is 18.2 Å². The first kappa shape index (κ1) is 47.1. The Morgan fingerprint density at radius 3 is 2.42 bits per heavy atom. The molecule has 66 heavy (non-hydrogen) atoms. The number of carboxylic acid groups (broad SMARTS) is 1. The second-order valence-corrected chi connectivity index (χ2v) is 23.0. The molecule has 8 aliphatic rings. The van der Waals surface area contributed by atoms with E-state index >= 15 is 0 Å². The summed E-state index contributed by atoms with van der Waals surface area (Å²) in [6.45, 7) is 10.4. The third kappa shape index (κ3) is 7.68. The number of hydrogen-bond acceptors (Lipinski definition) is 8. The van der Waals surface area contributed by atoms with Gasteiger partial charge in [-0.3, -0.25) is 14.4 Å². The van der Waals surface area contributed by atoms with Crippen LogP contribution in [0.4, 0.5) is 10.5 Å². The molecule has 0 heterocycles. The lowest BCUT2D eigenvalue weighted by Gasteiger charge is -2.63. The first-order chi connectivity index (χ1) is 31.3. The number of likely N-dealkylation sites (N-methyl/N-ethyl adjacent to an activating group) is 1. The number of fused-ring (bicyclic) bond motifs is 9. The van der Waals surface area contributed by atoms with Crippen molar-refractivity contribution in [3.05, 3.63) is 52.6 Å². The second kappa shape index (κ2) is 17.5. The number of carboxylic acids is 1. The van der Waals surface area contributed by atoms with Crippen molar-refractivity contribution in [2.45, 2.75) is 167 Å². The largest absolute Gasteiger partial charge is 0.481 e. The molecule has 0 unspecified atom stereocenters. The number of amides is 2. The lowest BCUT2D eigenvalue weighted by atomic mass is 9.43. The molecule has 358 valence electrons. The standard InChI is InChI=1S/C55H74N2O9/c1-7-22-55(65)24-21-42-39-15-11-33-25-36(58)14-16-38(33)49(39)40(29-53(42,55)4)32-9-12-35(13-10-32)57(6)47(61)30-56-51(64)66-37-20-23-52(3)34(26-37)27-45(59)50-43-18-17-41(31(2)8-19-48(62)63)54(43,5)46(60)28-44(50)52/h9-10,12-13,25,31,34,37,39-46,50,59-60,65H,8,11,14-21,23-24,26-30H2,1-6H3,(H,56,64)(H,62,63)/t31-,34+,37-,39+,40-,41-,42+,43+,44+,45-,46+,50+,52+,53+,54-,55+/m1/s1. The molecule has 0 bridgehead atoms. The van der Waals surface area contributed by atoms with Crippen LogP contribution in [-0.4, -0.2) is 81.7 Å². The number of alkyl carbamates (subject to hydrolysis) is 1. The Balaban J connectivity index is 0.821. The van der Waals surface area contributed by atoms with Gasteiger partial charge in [0.1, 0.15) is 18.2 Å². The fourth-order valence-electron chi connectivity index (χ4n) is 16.7. The summed E-state index contributed by atoms with van der Waals surface area (Å²) < 4.78 is 5.97. The van der Waals surface area contributed by atoms with Gasteiger partial charge in [-0.15, -0.1) is 5.92 Å². The Kier molecular flexibility index (Phi) is 12.5. The van der Waals surface area contributed by atoms with E-state index in [1.165, 1.54) is 16.7 Å². The van der Waals surface area contributed by atoms with Gasteiger partial charge in [-0.25, -0.2) is 4.79 Å². The molecule has 16 atom stereocenters. The molecule has 11 heteroatoms. The number of rotatable bonds is 9. The zero-order valence-corrected chi connectivity index (χ0v) is 40.1. The van der Waals surface area contributed by atoms with Gasteiger partial charge in [-0.2, -0.15) is 0 Å². The first-order valence-corrected chi connectivity index (χ1v) is 25.3. The summed E-state index contributed by atoms with van der Waals surface area (Å²) in [5.74, 6) is 6.98. The summed E-state index contributed by atoms with van der Waals surface area (Å²) in [7, 11) is 1.71. The molecule has 0 radical (unpaired) electrons. The number of aliphatic carboxylic acids is 1. The SMILES string of the molecule is CC#C[C@]1(O)CC[C@H]2[C@@H]3CCC4=CC(=O)CCC4=C3[C@@H](c3ccc(N(C)C(=O)CNC(=O)O[C@@H]4CC[C@@]5(C)[C@@H](C4)C[C@@H](O)[C@@H]4[C@@H]5C[C@H](O)[C@]5(C)[C@@H]([C@H](C)CCC(=O)O)CC[C@@H]45)cc3)C[C@@]21C. The Morgan fingerprint density at radius 2 is 1.70 bits per heavy atom. The number of ketones is 1. The van der Waals surface area contributed by atoms with Gasteiger partial charge < -0.3 is 35.4 Å². The number of anilines is 1. The van der Waals surface area contributed by atoms with Gasteiger partial charge >= 0.3 is 12.1 Å². The van der Waals surface area contributed by atoms with Crippen LogP contribution in [0.25, 0.3) is 0 Å². The number of aliphatic hydroxyl groups excluding tert-OH is 2. The lowest BCUT2D eigenvalue weighted by Crippen LogP contribution is -2.62. The average molecular weight is 907 g/mol. The van der Waals surface area contributed by atoms with Crippen LogP contribution in [0.15, 0.2) is 47.1 Å². The van der Waals surface area contributed by atoms with E-state index in [0.29, 0.717) is 62.5 Å². The molecule has 0 spiro atoms. The molecular formula is C55H74N2O9. The van der Waals surface area contributed by atoms with Crippen LogP contribution in [0.1, 0.15) is 149 Å². The van der Waals surface area contributed by atoms with E-state index in [-0.39, 0.29) is 83.0 Å². The van der Waals surface area contributed by atoms with Gasteiger partial charge in [-0.05, 0) is 190 Å². The second-order valence-electron chi connectivity index (χ2n) is 23.0. The number of ether oxygens (including phenoxy) is 1. The minimum absolute atomic E-state index is 0.0472. The van der Waals surface area contributed by atoms with Crippen molar-refractivity contribution in [2.75, 3.05) is 18.5 Å². The Morgan fingerprint density at radius 1 is 0.939 bits per heavy atom. The number of allylic oxidation sites excluding steroid dienone is 4. The summed E-state index contributed by atoms with van der Waals surface area (Å²) in [6.07, 6.45) is 11.3. The van der Waals surface area contributed by atoms with E-state index in [0.717, 1.165) is 56.9 Å². The van der Waals surface area contributed by atoms with Gasteiger partial charge in [0.25, 0.3) is 0 Å². The van der Waals surface area contributed by atoms with Crippen molar-refractivity contribution in [3.8, 4) is 11.8 Å². The molecule has 0 aliphatic heterocycles. The maximum Gasteiger partial charge on any atom is 0.407 e. The van der Waals surface area contributed by atoms with E-state index in [1.54, 1.807) is 18.9 Å². The maximum absolute atomic E-state index is 13.5. The lowest BCUT2D eigenvalue weighted by molar-refractivity contribution is -0.207. The molecule has 6 saturated carbocycles. The molecule has 9 rings (SSSR count). The predicted octanol–water partition coefficient (Wildman–Crippen LogP) is 8.50. The number of carbonyl (C=O) groups excluding carboxylic acids is 3. The zero-order valence-electron chi connectivity index (χ0n) is 40.1. The maximum atomic E-state index is 13.5. The van der Waals surface area contributed by atoms with Gasteiger partial charge in [0.15, 0.2) is 5.78 Å². The molecule has 2 amide bonds. The molecule has 0 saturated heterocycles. The predicted molar refractivity (Wildman–Crippen MR) is 251 cm³/mol. The van der Waals surface area contributed by atoms with Crippen LogP contribution in [0.5, 0.6) is 0 Å². The molecule has 8 aliphatic carbocycles. The molecule has 11 nitrogen and oxygen atoms in total. The molecule has 5 N–H and O–H groups in total. The van der Waals surface area contributed by atoms with E-state index < -0.39 is 35.3 Å². The highest BCUT2D eigenvalue weighted by atomic mass is 16.6. The minimum Gasteiger partial charge on any atom is -0.481 e. The molecule has 1 aromatic carbocycles. The Labute approximate surface area is 391 Å². The number of hydrogen-bond donors (Lipinski definition) is 5. The van der Waals surface area contributed by atoms with E-state index in [4.69, 9.17) is 4.74 Å². The van der Waals surface area contributed by atoms with Crippen LogP contribution < -0.4 is 10.2 Å². The van der Waals surface area contributed by atoms with Crippen LogP contribution in [0.2, 0.25) is 0 Å². The molecule has 6 fully saturated rings. The van der Waals surface area contributed by atoms with Gasteiger partial charge in [0.2, 0.25) is 5.91 Å². The fourth-order valence-corrected chi connectivity index (χ4v) is 16.7. The monoisotopic (exact) mass is 907 g/mol. The first-order valence-electron chi connectivity index (χ1n) is 25.3. The summed E-state index contributed by atoms with van der Waals surface area (Å²) in [4.78, 5) is 52.2. The number of benzene rings is 1. The minimum atomic E-state index is -1.06. The smallest absolute Gasteiger partial charge is 0.407 e. The van der Waals surface area contributed by atoms with E-state index in [2.05, 4.69) is 57.0 Å². The summed E-state index contributed by atoms with van der Waals surface area (Å²) in [6, 6.07) is 8.10. The van der Waals surface area contributed by atoms with E-state index in [9.17, 15) is 39.6 Å². The number of nitrogens with zero attached hydrogens (tertiary/aromatic N) is 1. The topological polar surface area (TPSA) is 174 Å². The van der Waals surface area contributed by atoms with Gasteiger partial charge in [0.05, 0.1) is 12.2 Å². The highest BCUT2D eigenvalue weighted by molar-refractivity contribution is 5.95. The summed E-state index contributed by atoms with van der Waals surface area (Å²) in [5.41, 5.74) is 3.86. The van der Waals surface area contributed by atoms with Gasteiger partial charge in [-0.1, -0.05) is 51.3 Å². The molecular weight excluding hydrogens is 833 g/mol. The fraction of sp³-hybridized carbons (Fsp3) is 0.709. The Hall–Kier alpha value is -3.98. The normalized spacial score (nSPS) is 41.6. The van der Waals surface area contributed by atoms with Crippen molar-refractivity contribution >= 4 is 29.4 Å². The third-order valence-electron chi connectivity index (χ3n) is 20.2. The highest BCUT2D eigenvalue weighted by Gasteiger charge is 2.66. The van der Waals surface area contributed by atoms with Crippen LogP contribution in [0, 0.1) is 75.4 Å². The number of nitrogens with one attached hydrogen (secondary N) is 1.